The molecule has 1 heterocycles. The van der Waals surface area contributed by atoms with Crippen molar-refractivity contribution in [2.45, 2.75) is 6.10 Å². The zero-order chi connectivity index (χ0) is 13.0. The van der Waals surface area contributed by atoms with Gasteiger partial charge in [0, 0.05) is 18.7 Å². The van der Waals surface area contributed by atoms with Gasteiger partial charge in [-0.3, -0.25) is 4.79 Å². The van der Waals surface area contributed by atoms with Crippen LogP contribution < -0.4 is 4.74 Å². The maximum absolute atomic E-state index is 12.2. The molecule has 5 heteroatoms. The third-order valence-corrected chi connectivity index (χ3v) is 3.28. The molecule has 1 fully saturated rings. The Morgan fingerprint density at radius 2 is 2.22 bits per heavy atom. The van der Waals surface area contributed by atoms with Gasteiger partial charge < -0.3 is 14.4 Å². The number of methoxy groups -OCH3 is 1. The smallest absolute Gasteiger partial charge is 0.254 e. The topological polar surface area (TPSA) is 38.8 Å². The van der Waals surface area contributed by atoms with E-state index in [4.69, 9.17) is 21.1 Å². The first-order chi connectivity index (χ1) is 8.74. The first-order valence-electron chi connectivity index (χ1n) is 5.85. The molecule has 1 unspecified atom stereocenters. The van der Waals surface area contributed by atoms with Gasteiger partial charge in [-0.05, 0) is 24.3 Å². The first kappa shape index (κ1) is 13.2. The van der Waals surface area contributed by atoms with Gasteiger partial charge in [0.25, 0.3) is 5.91 Å². The van der Waals surface area contributed by atoms with Gasteiger partial charge >= 0.3 is 0 Å². The van der Waals surface area contributed by atoms with Gasteiger partial charge in [0.05, 0.1) is 25.7 Å². The van der Waals surface area contributed by atoms with E-state index in [1.165, 1.54) is 0 Å². The summed E-state index contributed by atoms with van der Waals surface area (Å²) < 4.78 is 10.5. The molecule has 1 aromatic rings. The van der Waals surface area contributed by atoms with Crippen molar-refractivity contribution < 1.29 is 14.3 Å². The van der Waals surface area contributed by atoms with Crippen molar-refractivity contribution in [2.24, 2.45) is 0 Å². The normalized spacial score (nSPS) is 19.7. The molecule has 0 N–H and O–H groups in total. The molecule has 1 aromatic carbocycles. The predicted octanol–water partition coefficient (Wildman–Crippen LogP) is 1.77. The second-order valence-corrected chi connectivity index (χ2v) is 4.44. The summed E-state index contributed by atoms with van der Waals surface area (Å²) in [5.41, 5.74) is 0.658. The van der Waals surface area contributed by atoms with E-state index in [0.29, 0.717) is 31.1 Å². The number of carbonyl (C=O) groups is 1. The van der Waals surface area contributed by atoms with E-state index >= 15 is 0 Å². The molecule has 1 aliphatic rings. The highest BCUT2D eigenvalue weighted by Gasteiger charge is 2.24. The molecule has 18 heavy (non-hydrogen) atoms. The van der Waals surface area contributed by atoms with E-state index in [0.717, 1.165) is 5.75 Å². The van der Waals surface area contributed by atoms with Gasteiger partial charge in [-0.15, -0.1) is 11.6 Å². The molecule has 0 saturated carbocycles. The fourth-order valence-electron chi connectivity index (χ4n) is 1.91. The molecule has 0 spiro atoms. The quantitative estimate of drug-likeness (QED) is 0.785. The minimum atomic E-state index is -0.0670. The summed E-state index contributed by atoms with van der Waals surface area (Å²) in [7, 11) is 1.60. The number of ether oxygens (including phenoxy) is 2. The van der Waals surface area contributed by atoms with Crippen LogP contribution in [0.4, 0.5) is 0 Å². The minimum absolute atomic E-state index is 0.0102. The fourth-order valence-corrected chi connectivity index (χ4v) is 2.10. The van der Waals surface area contributed by atoms with Crippen LogP contribution in [0.5, 0.6) is 5.75 Å². The molecule has 1 atom stereocenters. The summed E-state index contributed by atoms with van der Waals surface area (Å²) in [5.74, 6) is 1.16. The summed E-state index contributed by atoms with van der Waals surface area (Å²) in [5, 5.41) is 0. The third-order valence-electron chi connectivity index (χ3n) is 2.94. The number of rotatable bonds is 3. The Bertz CT molecular complexity index is 407. The average Bonchev–Trinajstić information content (AvgIpc) is 2.46. The number of halogens is 1. The van der Waals surface area contributed by atoms with Crippen LogP contribution in [0.15, 0.2) is 24.3 Å². The van der Waals surface area contributed by atoms with Gasteiger partial charge in [-0.2, -0.15) is 0 Å². The van der Waals surface area contributed by atoms with E-state index in [9.17, 15) is 4.79 Å². The number of hydrogen-bond acceptors (Lipinski definition) is 3. The van der Waals surface area contributed by atoms with Crippen LogP contribution in [-0.2, 0) is 4.74 Å². The monoisotopic (exact) mass is 269 g/mol. The molecular formula is C13H16ClNO3. The van der Waals surface area contributed by atoms with Gasteiger partial charge in [-0.25, -0.2) is 0 Å². The zero-order valence-corrected chi connectivity index (χ0v) is 11.0. The average molecular weight is 270 g/mol. The lowest BCUT2D eigenvalue weighted by Gasteiger charge is -2.32. The molecule has 1 amide bonds. The van der Waals surface area contributed by atoms with E-state index < -0.39 is 0 Å². The van der Waals surface area contributed by atoms with Crippen LogP contribution in [0, 0.1) is 0 Å². The van der Waals surface area contributed by atoms with Crippen molar-refractivity contribution in [2.75, 3.05) is 32.7 Å². The number of carbonyl (C=O) groups excluding carboxylic acids is 1. The Labute approximate surface area is 111 Å². The maximum Gasteiger partial charge on any atom is 0.254 e. The highest BCUT2D eigenvalue weighted by molar-refractivity contribution is 6.18. The number of nitrogens with zero attached hydrogens (tertiary/aromatic N) is 1. The molecule has 1 saturated heterocycles. The van der Waals surface area contributed by atoms with Crippen LogP contribution in [0.25, 0.3) is 0 Å². The van der Waals surface area contributed by atoms with Crippen molar-refractivity contribution in [3.8, 4) is 5.75 Å². The summed E-state index contributed by atoms with van der Waals surface area (Å²) in [6, 6.07) is 7.11. The zero-order valence-electron chi connectivity index (χ0n) is 10.3. The SMILES string of the molecule is COc1ccc(C(=O)N2CCOC(CCl)C2)cc1. The Kier molecular flexibility index (Phi) is 4.44. The van der Waals surface area contributed by atoms with E-state index in [2.05, 4.69) is 0 Å². The Morgan fingerprint density at radius 3 is 2.83 bits per heavy atom. The van der Waals surface area contributed by atoms with Crippen LogP contribution in [-0.4, -0.2) is 49.6 Å². The van der Waals surface area contributed by atoms with Crippen molar-refractivity contribution in [3.05, 3.63) is 29.8 Å². The largest absolute Gasteiger partial charge is 0.497 e. The van der Waals surface area contributed by atoms with Crippen molar-refractivity contribution in [1.29, 1.82) is 0 Å². The van der Waals surface area contributed by atoms with Crippen LogP contribution in [0.3, 0.4) is 0 Å². The molecule has 98 valence electrons. The molecule has 0 bridgehead atoms. The molecule has 0 radical (unpaired) electrons. The Morgan fingerprint density at radius 1 is 1.50 bits per heavy atom. The highest BCUT2D eigenvalue weighted by atomic mass is 35.5. The lowest BCUT2D eigenvalue weighted by atomic mass is 10.1. The second kappa shape index (κ2) is 6.07. The fraction of sp³-hybridized carbons (Fsp3) is 0.462. The molecule has 2 rings (SSSR count). The van der Waals surface area contributed by atoms with Crippen molar-refractivity contribution >= 4 is 17.5 Å². The third kappa shape index (κ3) is 2.94. The van der Waals surface area contributed by atoms with Gasteiger partial charge in [0.2, 0.25) is 0 Å². The summed E-state index contributed by atoms with van der Waals surface area (Å²) in [6.45, 7) is 1.70. The molecular weight excluding hydrogens is 254 g/mol. The second-order valence-electron chi connectivity index (χ2n) is 4.13. The number of alkyl halides is 1. The molecule has 0 aliphatic carbocycles. The first-order valence-corrected chi connectivity index (χ1v) is 6.39. The van der Waals surface area contributed by atoms with E-state index in [1.54, 1.807) is 36.3 Å². The van der Waals surface area contributed by atoms with E-state index in [1.807, 2.05) is 0 Å². The standard InChI is InChI=1S/C13H16ClNO3/c1-17-11-4-2-10(3-5-11)13(16)15-6-7-18-12(8-14)9-15/h2-5,12H,6-9H2,1H3. The number of benzene rings is 1. The van der Waals surface area contributed by atoms with Gasteiger partial charge in [-0.1, -0.05) is 0 Å². The van der Waals surface area contributed by atoms with Gasteiger partial charge in [0.1, 0.15) is 5.75 Å². The lowest BCUT2D eigenvalue weighted by molar-refractivity contribution is -0.0108. The molecule has 0 aromatic heterocycles. The Hall–Kier alpha value is -1.26. The van der Waals surface area contributed by atoms with Crippen molar-refractivity contribution in [3.63, 3.8) is 0 Å². The lowest BCUT2D eigenvalue weighted by Crippen LogP contribution is -2.46. The minimum Gasteiger partial charge on any atom is -0.497 e. The number of hydrogen-bond donors (Lipinski definition) is 0. The Balaban J connectivity index is 2.05. The highest BCUT2D eigenvalue weighted by Crippen LogP contribution is 2.15. The number of amides is 1. The van der Waals surface area contributed by atoms with Gasteiger partial charge in [0.15, 0.2) is 0 Å². The van der Waals surface area contributed by atoms with Crippen LogP contribution in [0.2, 0.25) is 0 Å². The van der Waals surface area contributed by atoms with E-state index in [-0.39, 0.29) is 12.0 Å². The predicted molar refractivity (Wildman–Crippen MR) is 69.4 cm³/mol. The number of morpholine rings is 1. The molecule has 4 nitrogen and oxygen atoms in total. The summed E-state index contributed by atoms with van der Waals surface area (Å²) in [6.07, 6.45) is -0.0670. The van der Waals surface area contributed by atoms with Crippen molar-refractivity contribution in [1.82, 2.24) is 4.90 Å². The van der Waals surface area contributed by atoms with Crippen LogP contribution >= 0.6 is 11.6 Å². The van der Waals surface area contributed by atoms with Crippen LogP contribution in [0.1, 0.15) is 10.4 Å². The summed E-state index contributed by atoms with van der Waals surface area (Å²) >= 11 is 5.76. The maximum atomic E-state index is 12.2. The summed E-state index contributed by atoms with van der Waals surface area (Å²) in [4.78, 5) is 14.0. The molecule has 1 aliphatic heterocycles.